The van der Waals surface area contributed by atoms with Gasteiger partial charge in [-0.25, -0.2) is 0 Å². The molecule has 5 heteroatoms. The molecular formula is C23H31NO4. The van der Waals surface area contributed by atoms with Crippen molar-refractivity contribution in [2.24, 2.45) is 0 Å². The van der Waals surface area contributed by atoms with Crippen LogP contribution in [0.15, 0.2) is 48.5 Å². The maximum atomic E-state index is 11.3. The first-order chi connectivity index (χ1) is 13.5. The largest absolute Gasteiger partial charge is 0.457 e. The molecule has 28 heavy (non-hydrogen) atoms. The standard InChI is InChI=1S/C23H31NO4/c1-3-4-5-19-6-10-21(11-7-19)28-22-12-8-20(9-13-22)14-15-23(16-25,17-26)24-18(2)27/h6-13,25-26H,3-5,14-17H2,1-2H3,(H,24,27). The highest BCUT2D eigenvalue weighted by Gasteiger charge is 2.29. The number of amides is 1. The second-order valence-electron chi connectivity index (χ2n) is 7.27. The van der Waals surface area contributed by atoms with Crippen molar-refractivity contribution >= 4 is 5.91 Å². The lowest BCUT2D eigenvalue weighted by molar-refractivity contribution is -0.122. The molecule has 2 rings (SSSR count). The molecule has 0 saturated carbocycles. The van der Waals surface area contributed by atoms with E-state index in [4.69, 9.17) is 4.74 Å². The van der Waals surface area contributed by atoms with Crippen LogP contribution in [-0.2, 0) is 17.6 Å². The Hall–Kier alpha value is -2.37. The number of rotatable bonds is 11. The van der Waals surface area contributed by atoms with Gasteiger partial charge in [0.2, 0.25) is 5.91 Å². The topological polar surface area (TPSA) is 78.8 Å². The summed E-state index contributed by atoms with van der Waals surface area (Å²) in [5.41, 5.74) is 1.36. The fourth-order valence-electron chi connectivity index (χ4n) is 3.07. The van der Waals surface area contributed by atoms with E-state index in [1.165, 1.54) is 25.3 Å². The van der Waals surface area contributed by atoms with Crippen LogP contribution in [0.25, 0.3) is 0 Å². The molecule has 0 aliphatic carbocycles. The van der Waals surface area contributed by atoms with E-state index in [9.17, 15) is 15.0 Å². The molecule has 0 aliphatic rings. The normalized spacial score (nSPS) is 11.3. The molecule has 0 radical (unpaired) electrons. The van der Waals surface area contributed by atoms with Gasteiger partial charge in [0.25, 0.3) is 0 Å². The van der Waals surface area contributed by atoms with Crippen molar-refractivity contribution in [3.05, 3.63) is 59.7 Å². The zero-order valence-electron chi connectivity index (χ0n) is 16.8. The molecule has 0 atom stereocenters. The van der Waals surface area contributed by atoms with Gasteiger partial charge in [-0.05, 0) is 61.1 Å². The average molecular weight is 386 g/mol. The zero-order valence-corrected chi connectivity index (χ0v) is 16.8. The van der Waals surface area contributed by atoms with Crippen LogP contribution < -0.4 is 10.1 Å². The Kier molecular flexibility index (Phi) is 8.48. The Bertz CT molecular complexity index is 721. The van der Waals surface area contributed by atoms with E-state index in [1.54, 1.807) is 0 Å². The summed E-state index contributed by atoms with van der Waals surface area (Å²) >= 11 is 0. The van der Waals surface area contributed by atoms with Crippen LogP contribution in [0.4, 0.5) is 0 Å². The van der Waals surface area contributed by atoms with Gasteiger partial charge >= 0.3 is 0 Å². The molecule has 0 spiro atoms. The summed E-state index contributed by atoms with van der Waals surface area (Å²) in [6, 6.07) is 15.9. The van der Waals surface area contributed by atoms with Crippen molar-refractivity contribution in [3.8, 4) is 11.5 Å². The first-order valence-electron chi connectivity index (χ1n) is 9.86. The minimum Gasteiger partial charge on any atom is -0.457 e. The first-order valence-corrected chi connectivity index (χ1v) is 9.86. The van der Waals surface area contributed by atoms with Crippen molar-refractivity contribution in [1.29, 1.82) is 0 Å². The van der Waals surface area contributed by atoms with Crippen molar-refractivity contribution in [2.75, 3.05) is 13.2 Å². The van der Waals surface area contributed by atoms with Crippen molar-refractivity contribution in [3.63, 3.8) is 0 Å². The van der Waals surface area contributed by atoms with Gasteiger partial charge in [0.05, 0.1) is 18.8 Å². The smallest absolute Gasteiger partial charge is 0.217 e. The van der Waals surface area contributed by atoms with Gasteiger partial charge in [0.1, 0.15) is 11.5 Å². The van der Waals surface area contributed by atoms with Crippen molar-refractivity contribution in [1.82, 2.24) is 5.32 Å². The Morgan fingerprint density at radius 2 is 1.43 bits per heavy atom. The molecule has 0 bridgehead atoms. The van der Waals surface area contributed by atoms with Crippen LogP contribution in [0.1, 0.15) is 44.2 Å². The van der Waals surface area contributed by atoms with E-state index < -0.39 is 5.54 Å². The number of aliphatic hydroxyl groups is 2. The monoisotopic (exact) mass is 385 g/mol. The Balaban J connectivity index is 1.93. The van der Waals surface area contributed by atoms with Gasteiger partial charge in [-0.2, -0.15) is 0 Å². The summed E-state index contributed by atoms with van der Waals surface area (Å²) in [6.07, 6.45) is 4.53. The van der Waals surface area contributed by atoms with Gasteiger partial charge in [-0.3, -0.25) is 4.79 Å². The number of hydrogen-bond donors (Lipinski definition) is 3. The summed E-state index contributed by atoms with van der Waals surface area (Å²) in [4.78, 5) is 11.3. The third-order valence-corrected chi connectivity index (χ3v) is 4.84. The van der Waals surface area contributed by atoms with E-state index in [0.717, 1.165) is 23.5 Å². The summed E-state index contributed by atoms with van der Waals surface area (Å²) in [5.74, 6) is 1.29. The molecule has 2 aromatic carbocycles. The van der Waals surface area contributed by atoms with E-state index in [1.807, 2.05) is 36.4 Å². The fourth-order valence-corrected chi connectivity index (χ4v) is 3.07. The van der Waals surface area contributed by atoms with Gasteiger partial charge in [-0.1, -0.05) is 37.6 Å². The Labute approximate surface area is 167 Å². The van der Waals surface area contributed by atoms with Crippen LogP contribution in [0.3, 0.4) is 0 Å². The lowest BCUT2D eigenvalue weighted by atomic mass is 9.92. The second kappa shape index (κ2) is 10.8. The highest BCUT2D eigenvalue weighted by Crippen LogP contribution is 2.23. The van der Waals surface area contributed by atoms with Crippen LogP contribution in [0, 0.1) is 0 Å². The summed E-state index contributed by atoms with van der Waals surface area (Å²) in [5, 5.41) is 21.8. The molecule has 5 nitrogen and oxygen atoms in total. The van der Waals surface area contributed by atoms with Crippen LogP contribution in [-0.4, -0.2) is 34.9 Å². The number of ether oxygens (including phenoxy) is 1. The third-order valence-electron chi connectivity index (χ3n) is 4.84. The van der Waals surface area contributed by atoms with Crippen molar-refractivity contribution in [2.45, 2.75) is 51.5 Å². The maximum Gasteiger partial charge on any atom is 0.217 e. The minimum absolute atomic E-state index is 0.271. The molecule has 0 saturated heterocycles. The van der Waals surface area contributed by atoms with Crippen molar-refractivity contribution < 1.29 is 19.7 Å². The fraction of sp³-hybridized carbons (Fsp3) is 0.435. The molecule has 0 aliphatic heterocycles. The predicted octanol–water partition coefficient (Wildman–Crippen LogP) is 3.61. The molecule has 152 valence electrons. The number of carbonyl (C=O) groups is 1. The van der Waals surface area contributed by atoms with E-state index in [-0.39, 0.29) is 19.1 Å². The second-order valence-corrected chi connectivity index (χ2v) is 7.27. The molecule has 0 unspecified atom stereocenters. The maximum absolute atomic E-state index is 11.3. The van der Waals surface area contributed by atoms with Crippen LogP contribution in [0.2, 0.25) is 0 Å². The van der Waals surface area contributed by atoms with E-state index in [2.05, 4.69) is 24.4 Å². The van der Waals surface area contributed by atoms with E-state index in [0.29, 0.717) is 12.8 Å². The number of aliphatic hydroxyl groups excluding tert-OH is 2. The average Bonchev–Trinajstić information content (AvgIpc) is 2.71. The molecular weight excluding hydrogens is 354 g/mol. The van der Waals surface area contributed by atoms with E-state index >= 15 is 0 Å². The van der Waals surface area contributed by atoms with Crippen LogP contribution >= 0.6 is 0 Å². The summed E-state index contributed by atoms with van der Waals surface area (Å²) in [7, 11) is 0. The minimum atomic E-state index is -0.999. The van der Waals surface area contributed by atoms with Gasteiger partial charge in [0, 0.05) is 6.92 Å². The number of aryl methyl sites for hydroxylation is 2. The molecule has 1 amide bonds. The summed E-state index contributed by atoms with van der Waals surface area (Å²) in [6.45, 7) is 2.95. The quantitative estimate of drug-likeness (QED) is 0.552. The molecule has 2 aromatic rings. The predicted molar refractivity (Wildman–Crippen MR) is 111 cm³/mol. The summed E-state index contributed by atoms with van der Waals surface area (Å²) < 4.78 is 5.90. The SMILES string of the molecule is CCCCc1ccc(Oc2ccc(CCC(CO)(CO)NC(C)=O)cc2)cc1. The van der Waals surface area contributed by atoms with Gasteiger partial charge in [-0.15, -0.1) is 0 Å². The zero-order chi connectivity index (χ0) is 20.4. The molecule has 0 aromatic heterocycles. The lowest BCUT2D eigenvalue weighted by Crippen LogP contribution is -2.53. The highest BCUT2D eigenvalue weighted by molar-refractivity contribution is 5.73. The van der Waals surface area contributed by atoms with Crippen LogP contribution in [0.5, 0.6) is 11.5 Å². The number of nitrogens with one attached hydrogen (secondary N) is 1. The molecule has 0 heterocycles. The highest BCUT2D eigenvalue weighted by atomic mass is 16.5. The number of hydrogen-bond acceptors (Lipinski definition) is 4. The Morgan fingerprint density at radius 3 is 1.86 bits per heavy atom. The number of unbranched alkanes of at least 4 members (excludes halogenated alkanes) is 1. The van der Waals surface area contributed by atoms with Gasteiger partial charge in [0.15, 0.2) is 0 Å². The number of benzene rings is 2. The van der Waals surface area contributed by atoms with Gasteiger partial charge < -0.3 is 20.3 Å². The number of carbonyl (C=O) groups excluding carboxylic acids is 1. The lowest BCUT2D eigenvalue weighted by Gasteiger charge is -2.30. The molecule has 0 fully saturated rings. The third kappa shape index (κ3) is 6.66. The Morgan fingerprint density at radius 1 is 0.929 bits per heavy atom. The first kappa shape index (κ1) is 21.9. The molecule has 3 N–H and O–H groups in total.